The van der Waals surface area contributed by atoms with E-state index < -0.39 is 65.1 Å². The molecule has 1 saturated heterocycles. The summed E-state index contributed by atoms with van der Waals surface area (Å²) in [7, 11) is 0. The Balaban J connectivity index is 1.23. The van der Waals surface area contributed by atoms with Crippen LogP contribution in [0.5, 0.6) is 5.75 Å². The summed E-state index contributed by atoms with van der Waals surface area (Å²) in [5, 5.41) is 6.10. The second-order valence-corrected chi connectivity index (χ2v) is 15.4. The molecule has 1 saturated carbocycles. The maximum atomic E-state index is 14.4. The fraction of sp³-hybridized carbons (Fsp3) is 0.500. The number of hydrogen-bond acceptors (Lipinski definition) is 8. The lowest BCUT2D eigenvalue weighted by Crippen LogP contribution is -2.58. The Morgan fingerprint density at radius 2 is 1.81 bits per heavy atom. The van der Waals surface area contributed by atoms with Crippen molar-refractivity contribution in [3.63, 3.8) is 0 Å². The second kappa shape index (κ2) is 15.6. The van der Waals surface area contributed by atoms with E-state index in [4.69, 9.17) is 25.9 Å². The van der Waals surface area contributed by atoms with Crippen molar-refractivity contribution in [1.29, 1.82) is 0 Å². The number of ether oxygens (including phenoxy) is 2. The summed E-state index contributed by atoms with van der Waals surface area (Å²) in [5.74, 6) is -2.18. The highest BCUT2D eigenvalue weighted by Gasteiger charge is 2.61. The minimum Gasteiger partial charge on any atom is -0.444 e. The zero-order chi connectivity index (χ0) is 37.9. The average Bonchev–Trinajstić information content (AvgIpc) is 3.39. The van der Waals surface area contributed by atoms with Crippen LogP contribution in [0.15, 0.2) is 54.6 Å². The summed E-state index contributed by atoms with van der Waals surface area (Å²) >= 11 is 5.97. The van der Waals surface area contributed by atoms with E-state index in [0.717, 1.165) is 19.3 Å². The van der Waals surface area contributed by atoms with Gasteiger partial charge < -0.3 is 29.8 Å². The summed E-state index contributed by atoms with van der Waals surface area (Å²) in [5.41, 5.74) is 1.34. The van der Waals surface area contributed by atoms with Crippen LogP contribution in [0, 0.1) is 11.7 Å². The van der Waals surface area contributed by atoms with Crippen LogP contribution in [0.2, 0.25) is 5.02 Å². The highest BCUT2D eigenvalue weighted by Crippen LogP contribution is 2.45. The van der Waals surface area contributed by atoms with E-state index in [1.807, 2.05) is 12.2 Å². The lowest BCUT2D eigenvalue weighted by atomic mass is 10.0. The topological polar surface area (TPSA) is 156 Å². The molecule has 3 aliphatic heterocycles. The van der Waals surface area contributed by atoms with E-state index in [9.17, 15) is 28.4 Å². The molecule has 13 nitrogen and oxygen atoms in total. The van der Waals surface area contributed by atoms with Gasteiger partial charge in [-0.05, 0) is 82.3 Å². The lowest BCUT2D eigenvalue weighted by molar-refractivity contribution is -0.142. The predicted molar refractivity (Wildman–Crippen MR) is 191 cm³/mol. The molecule has 5 amide bonds. The van der Waals surface area contributed by atoms with E-state index in [1.54, 1.807) is 57.2 Å². The first-order chi connectivity index (χ1) is 25.2. The summed E-state index contributed by atoms with van der Waals surface area (Å²) in [6.07, 6.45) is 4.87. The molecule has 0 unspecified atom stereocenters. The van der Waals surface area contributed by atoms with E-state index in [0.29, 0.717) is 34.7 Å². The van der Waals surface area contributed by atoms with Gasteiger partial charge in [-0.2, -0.15) is 5.48 Å². The van der Waals surface area contributed by atoms with Gasteiger partial charge in [0.05, 0.1) is 13.1 Å². The number of amides is 5. The molecule has 2 aromatic carbocycles. The summed E-state index contributed by atoms with van der Waals surface area (Å²) in [6, 6.07) is 8.84. The zero-order valence-electron chi connectivity index (χ0n) is 30.0. The quantitative estimate of drug-likeness (QED) is 0.275. The summed E-state index contributed by atoms with van der Waals surface area (Å²) in [4.78, 5) is 76.8. The lowest BCUT2D eigenvalue weighted by Gasteiger charge is -2.30. The van der Waals surface area contributed by atoms with Gasteiger partial charge in [0.1, 0.15) is 35.1 Å². The van der Waals surface area contributed by atoms with Gasteiger partial charge in [0.15, 0.2) is 5.75 Å². The number of nitrogens with zero attached hydrogens (tertiary/aromatic N) is 2. The first kappa shape index (κ1) is 37.9. The molecule has 0 aromatic heterocycles. The maximum Gasteiger partial charge on any atom is 0.410 e. The molecule has 3 N–H and O–H groups in total. The number of hydrogen-bond donors (Lipinski definition) is 3. The van der Waals surface area contributed by atoms with Crippen LogP contribution in [0.25, 0.3) is 0 Å². The highest BCUT2D eigenvalue weighted by atomic mass is 35.5. The van der Waals surface area contributed by atoms with Gasteiger partial charge >= 0.3 is 12.2 Å². The largest absolute Gasteiger partial charge is 0.444 e. The molecule has 2 aromatic rings. The van der Waals surface area contributed by atoms with Gasteiger partial charge in [-0.1, -0.05) is 48.7 Å². The molecule has 6 rings (SSSR count). The molecule has 0 bridgehead atoms. The molecule has 1 aliphatic carbocycles. The molecule has 15 heteroatoms. The predicted octanol–water partition coefficient (Wildman–Crippen LogP) is 5.30. The summed E-state index contributed by atoms with van der Waals surface area (Å²) < 4.78 is 25.7. The van der Waals surface area contributed by atoms with Gasteiger partial charge in [0.2, 0.25) is 11.8 Å². The SMILES string of the molecule is CC(C)(C)OC(=O)N[C@H]1CCCCCC=C[C@@H]2C[C@@]2(C(=O)NOc2ccc(Cl)cc2)NC(=O)[C@@H]2C[C@@H](OC(=O)N3Cc4cccc(F)c4C3)CN2C1=O. The number of halogens is 2. The summed E-state index contributed by atoms with van der Waals surface area (Å²) in [6.45, 7) is 5.16. The zero-order valence-corrected chi connectivity index (χ0v) is 30.7. The van der Waals surface area contributed by atoms with Crippen LogP contribution in [-0.2, 0) is 36.9 Å². The molecule has 5 atom stereocenters. The molecule has 4 aliphatic rings. The number of carbonyl (C=O) groups is 5. The standard InChI is InChI=1S/C38H45ClFN5O8/c1-37(2,3)52-35(49)41-30-13-8-6-4-5-7-11-24-19-38(24,34(48)43-53-26-16-14-25(39)15-17-26)42-32(46)31-18-27(21-45(31)33(30)47)51-36(50)44-20-23-10-9-12-29(40)28(23)22-44/h7,9-12,14-17,24,27,30-31H,4-6,8,13,18-22H2,1-3H3,(H,41,49)(H,42,46)(H,43,48)/t24-,27-,30+,31+,38-/m1/s1. The molecular formula is C38H45ClFN5O8. The Morgan fingerprint density at radius 1 is 1.04 bits per heavy atom. The fourth-order valence-corrected chi connectivity index (χ4v) is 7.17. The Kier molecular flexibility index (Phi) is 11.2. The van der Waals surface area contributed by atoms with Crippen molar-refractivity contribution in [3.05, 3.63) is 76.6 Å². The Bertz CT molecular complexity index is 1770. The van der Waals surface area contributed by atoms with Gasteiger partial charge in [-0.3, -0.25) is 19.3 Å². The third-order valence-corrected chi connectivity index (χ3v) is 10.1. The van der Waals surface area contributed by atoms with Gasteiger partial charge in [0, 0.05) is 29.5 Å². The van der Waals surface area contributed by atoms with Crippen molar-refractivity contribution in [1.82, 2.24) is 25.9 Å². The van der Waals surface area contributed by atoms with Crippen LogP contribution >= 0.6 is 11.6 Å². The van der Waals surface area contributed by atoms with Crippen molar-refractivity contribution < 1.29 is 42.7 Å². The number of allylic oxidation sites excluding steroid dienone is 1. The van der Waals surface area contributed by atoms with Gasteiger partial charge in [-0.15, -0.1) is 0 Å². The average molecular weight is 754 g/mol. The van der Waals surface area contributed by atoms with Crippen LogP contribution < -0.4 is 21.0 Å². The first-order valence-corrected chi connectivity index (χ1v) is 18.3. The number of fused-ring (bicyclic) bond motifs is 3. The van der Waals surface area contributed by atoms with Gasteiger partial charge in [0.25, 0.3) is 5.91 Å². The molecular weight excluding hydrogens is 709 g/mol. The van der Waals surface area contributed by atoms with Crippen molar-refractivity contribution in [2.75, 3.05) is 6.54 Å². The molecule has 53 heavy (non-hydrogen) atoms. The third kappa shape index (κ3) is 9.03. The number of nitrogens with one attached hydrogen (secondary N) is 3. The number of carbonyl (C=O) groups excluding carboxylic acids is 5. The minimum absolute atomic E-state index is 0.0205. The van der Waals surface area contributed by atoms with E-state index >= 15 is 0 Å². The van der Waals surface area contributed by atoms with Crippen molar-refractivity contribution in [2.45, 2.75) is 108 Å². The third-order valence-electron chi connectivity index (χ3n) is 9.86. The second-order valence-electron chi connectivity index (χ2n) is 15.0. The van der Waals surface area contributed by atoms with Gasteiger partial charge in [-0.25, -0.2) is 14.0 Å². The number of alkyl carbamates (subject to hydrolysis) is 1. The normalized spacial score (nSPS) is 25.8. The van der Waals surface area contributed by atoms with Crippen LogP contribution in [0.4, 0.5) is 14.0 Å². The van der Waals surface area contributed by atoms with Crippen molar-refractivity contribution in [3.8, 4) is 5.75 Å². The highest BCUT2D eigenvalue weighted by molar-refractivity contribution is 6.30. The fourth-order valence-electron chi connectivity index (χ4n) is 7.04. The molecule has 0 radical (unpaired) electrons. The molecule has 0 spiro atoms. The van der Waals surface area contributed by atoms with Crippen LogP contribution in [0.1, 0.15) is 76.8 Å². The minimum atomic E-state index is -1.37. The van der Waals surface area contributed by atoms with E-state index in [2.05, 4.69) is 16.1 Å². The van der Waals surface area contributed by atoms with E-state index in [1.165, 1.54) is 15.9 Å². The van der Waals surface area contributed by atoms with Crippen LogP contribution in [0.3, 0.4) is 0 Å². The molecule has 284 valence electrons. The monoisotopic (exact) mass is 753 g/mol. The van der Waals surface area contributed by atoms with Crippen molar-refractivity contribution >= 4 is 41.5 Å². The smallest absolute Gasteiger partial charge is 0.410 e. The Labute approximate surface area is 312 Å². The number of benzene rings is 2. The first-order valence-electron chi connectivity index (χ1n) is 18.0. The number of rotatable bonds is 5. The van der Waals surface area contributed by atoms with E-state index in [-0.39, 0.29) is 38.4 Å². The molecule has 3 heterocycles. The Hall–Kier alpha value is -4.85. The Morgan fingerprint density at radius 3 is 2.55 bits per heavy atom. The van der Waals surface area contributed by atoms with Crippen LogP contribution in [-0.4, -0.2) is 75.6 Å². The maximum absolute atomic E-state index is 14.4. The number of hydroxylamine groups is 1. The van der Waals surface area contributed by atoms with Crippen molar-refractivity contribution in [2.24, 2.45) is 5.92 Å². The molecule has 2 fully saturated rings.